The van der Waals surface area contributed by atoms with Crippen molar-refractivity contribution in [2.75, 3.05) is 27.4 Å². The smallest absolute Gasteiger partial charge is 0.335 e. The van der Waals surface area contributed by atoms with Gasteiger partial charge in [0.2, 0.25) is 5.91 Å². The van der Waals surface area contributed by atoms with Crippen LogP contribution in [0, 0.1) is 5.92 Å². The highest BCUT2D eigenvalue weighted by Crippen LogP contribution is 2.30. The molecule has 7 nitrogen and oxygen atoms in total. The van der Waals surface area contributed by atoms with Crippen LogP contribution in [0.25, 0.3) is 0 Å². The third-order valence-electron chi connectivity index (χ3n) is 4.77. The van der Waals surface area contributed by atoms with Crippen LogP contribution in [-0.4, -0.2) is 44.4 Å². The Morgan fingerprint density at radius 1 is 1.18 bits per heavy atom. The minimum absolute atomic E-state index is 0.0745. The first kappa shape index (κ1) is 19.5. The Hall–Kier alpha value is -3.22. The molecular formula is C21H23NO6. The van der Waals surface area contributed by atoms with Crippen molar-refractivity contribution in [3.05, 3.63) is 53.1 Å². The number of amides is 1. The molecule has 0 spiro atoms. The van der Waals surface area contributed by atoms with Gasteiger partial charge >= 0.3 is 5.97 Å². The lowest BCUT2D eigenvalue weighted by molar-refractivity contribution is -0.126. The fraction of sp³-hybridized carbons (Fsp3) is 0.333. The molecule has 0 bridgehead atoms. The highest BCUT2D eigenvalue weighted by molar-refractivity contribution is 5.88. The van der Waals surface area contributed by atoms with E-state index < -0.39 is 5.97 Å². The normalized spacial score (nSPS) is 15.1. The van der Waals surface area contributed by atoms with Crippen molar-refractivity contribution in [3.63, 3.8) is 0 Å². The Balaban J connectivity index is 1.57. The van der Waals surface area contributed by atoms with Gasteiger partial charge in [-0.1, -0.05) is 6.07 Å². The summed E-state index contributed by atoms with van der Waals surface area (Å²) < 4.78 is 16.2. The molecule has 0 aliphatic carbocycles. The lowest BCUT2D eigenvalue weighted by atomic mass is 9.95. The quantitative estimate of drug-likeness (QED) is 0.760. The number of benzene rings is 2. The lowest BCUT2D eigenvalue weighted by Crippen LogP contribution is -2.38. The molecule has 7 heteroatoms. The Morgan fingerprint density at radius 3 is 2.71 bits per heavy atom. The number of hydrogen-bond acceptors (Lipinski definition) is 5. The molecule has 2 aromatic carbocycles. The standard InChI is InChI=1S/C21H23NO6/c1-26-17-5-6-18-15(10-17)9-16(12-28-18)20(23)22-8-7-13-3-4-14(21(24)25)11-19(13)27-2/h3-6,10-11,16H,7-9,12H2,1-2H3,(H,22,23)(H,24,25). The zero-order valence-corrected chi connectivity index (χ0v) is 15.9. The predicted octanol–water partition coefficient (Wildman–Crippen LogP) is 2.31. The SMILES string of the molecule is COc1ccc2c(c1)CC(C(=O)NCCc1ccc(C(=O)O)cc1OC)CO2. The maximum atomic E-state index is 12.5. The molecule has 0 fully saturated rings. The maximum Gasteiger partial charge on any atom is 0.335 e. The molecule has 1 amide bonds. The van der Waals surface area contributed by atoms with Gasteiger partial charge < -0.3 is 24.6 Å². The second-order valence-electron chi connectivity index (χ2n) is 6.56. The summed E-state index contributed by atoms with van der Waals surface area (Å²) in [6.45, 7) is 0.755. The van der Waals surface area contributed by atoms with E-state index in [0.29, 0.717) is 31.7 Å². The fourth-order valence-electron chi connectivity index (χ4n) is 3.22. The molecule has 28 heavy (non-hydrogen) atoms. The van der Waals surface area contributed by atoms with Gasteiger partial charge in [0.1, 0.15) is 23.9 Å². The molecule has 0 saturated heterocycles. The van der Waals surface area contributed by atoms with Crippen LogP contribution in [0.5, 0.6) is 17.2 Å². The van der Waals surface area contributed by atoms with E-state index >= 15 is 0 Å². The summed E-state index contributed by atoms with van der Waals surface area (Å²) in [7, 11) is 3.10. The van der Waals surface area contributed by atoms with Crippen molar-refractivity contribution < 1.29 is 28.9 Å². The van der Waals surface area contributed by atoms with Crippen LogP contribution in [0.15, 0.2) is 36.4 Å². The average Bonchev–Trinajstić information content (AvgIpc) is 2.72. The number of hydrogen-bond donors (Lipinski definition) is 2. The minimum Gasteiger partial charge on any atom is -0.497 e. The van der Waals surface area contributed by atoms with Crippen LogP contribution >= 0.6 is 0 Å². The van der Waals surface area contributed by atoms with Gasteiger partial charge in [0, 0.05) is 6.54 Å². The number of carbonyl (C=O) groups excluding carboxylic acids is 1. The van der Waals surface area contributed by atoms with Crippen molar-refractivity contribution in [2.45, 2.75) is 12.8 Å². The number of fused-ring (bicyclic) bond motifs is 1. The first-order chi connectivity index (χ1) is 13.5. The van der Waals surface area contributed by atoms with Gasteiger partial charge in [-0.25, -0.2) is 4.79 Å². The molecule has 1 atom stereocenters. The number of carbonyl (C=O) groups is 2. The Morgan fingerprint density at radius 2 is 2.00 bits per heavy atom. The number of methoxy groups -OCH3 is 2. The first-order valence-corrected chi connectivity index (χ1v) is 8.99. The van der Waals surface area contributed by atoms with Gasteiger partial charge in [-0.2, -0.15) is 0 Å². The van der Waals surface area contributed by atoms with E-state index in [-0.39, 0.29) is 17.4 Å². The van der Waals surface area contributed by atoms with Crippen LogP contribution in [0.1, 0.15) is 21.5 Å². The second-order valence-corrected chi connectivity index (χ2v) is 6.56. The molecule has 1 unspecified atom stereocenters. The minimum atomic E-state index is -1.01. The van der Waals surface area contributed by atoms with Crippen molar-refractivity contribution in [3.8, 4) is 17.2 Å². The van der Waals surface area contributed by atoms with Crippen LogP contribution in [-0.2, 0) is 17.6 Å². The molecule has 148 valence electrons. The summed E-state index contributed by atoms with van der Waals surface area (Å²) in [4.78, 5) is 23.6. The fourth-order valence-corrected chi connectivity index (χ4v) is 3.22. The number of ether oxygens (including phenoxy) is 3. The van der Waals surface area contributed by atoms with E-state index in [1.807, 2.05) is 18.2 Å². The van der Waals surface area contributed by atoms with Crippen molar-refractivity contribution >= 4 is 11.9 Å². The summed E-state index contributed by atoms with van der Waals surface area (Å²) >= 11 is 0. The van der Waals surface area contributed by atoms with Crippen LogP contribution < -0.4 is 19.5 Å². The predicted molar refractivity (Wildman–Crippen MR) is 102 cm³/mol. The van der Waals surface area contributed by atoms with Crippen LogP contribution in [0.2, 0.25) is 0 Å². The Bertz CT molecular complexity index is 879. The molecule has 1 heterocycles. The monoisotopic (exact) mass is 385 g/mol. The van der Waals surface area contributed by atoms with Crippen LogP contribution in [0.4, 0.5) is 0 Å². The van der Waals surface area contributed by atoms with Crippen molar-refractivity contribution in [1.29, 1.82) is 0 Å². The number of carboxylic acid groups (broad SMARTS) is 1. The summed E-state index contributed by atoms with van der Waals surface area (Å²) in [6.07, 6.45) is 1.13. The van der Waals surface area contributed by atoms with Gasteiger partial charge in [-0.05, 0) is 54.3 Å². The zero-order chi connectivity index (χ0) is 20.1. The van der Waals surface area contributed by atoms with E-state index in [9.17, 15) is 9.59 Å². The Labute approximate surface area is 163 Å². The molecular weight excluding hydrogens is 362 g/mol. The lowest BCUT2D eigenvalue weighted by Gasteiger charge is -2.25. The van der Waals surface area contributed by atoms with Gasteiger partial charge in [0.15, 0.2) is 0 Å². The largest absolute Gasteiger partial charge is 0.497 e. The highest BCUT2D eigenvalue weighted by atomic mass is 16.5. The molecule has 0 radical (unpaired) electrons. The molecule has 0 aromatic heterocycles. The molecule has 1 aliphatic rings. The van der Waals surface area contributed by atoms with E-state index in [2.05, 4.69) is 5.32 Å². The van der Waals surface area contributed by atoms with E-state index in [0.717, 1.165) is 22.6 Å². The second kappa shape index (κ2) is 8.65. The summed E-state index contributed by atoms with van der Waals surface area (Å²) in [6, 6.07) is 10.3. The van der Waals surface area contributed by atoms with Crippen molar-refractivity contribution in [2.24, 2.45) is 5.92 Å². The summed E-state index contributed by atoms with van der Waals surface area (Å²) in [5.74, 6) is 0.669. The van der Waals surface area contributed by atoms with Crippen molar-refractivity contribution in [1.82, 2.24) is 5.32 Å². The average molecular weight is 385 g/mol. The summed E-state index contributed by atoms with van der Waals surface area (Å²) in [5.41, 5.74) is 1.96. The van der Waals surface area contributed by atoms with E-state index in [1.54, 1.807) is 13.2 Å². The number of nitrogens with one attached hydrogen (secondary N) is 1. The number of rotatable bonds is 7. The third-order valence-corrected chi connectivity index (χ3v) is 4.77. The van der Waals surface area contributed by atoms with Gasteiger partial charge in [0.05, 0.1) is 25.7 Å². The maximum absolute atomic E-state index is 12.5. The van der Waals surface area contributed by atoms with E-state index in [1.165, 1.54) is 19.2 Å². The molecule has 3 rings (SSSR count). The molecule has 1 aliphatic heterocycles. The zero-order valence-electron chi connectivity index (χ0n) is 15.9. The van der Waals surface area contributed by atoms with E-state index in [4.69, 9.17) is 19.3 Å². The molecule has 2 N–H and O–H groups in total. The molecule has 2 aromatic rings. The van der Waals surface area contributed by atoms with Crippen LogP contribution in [0.3, 0.4) is 0 Å². The topological polar surface area (TPSA) is 94.1 Å². The van der Waals surface area contributed by atoms with Gasteiger partial charge in [0.25, 0.3) is 0 Å². The first-order valence-electron chi connectivity index (χ1n) is 8.99. The number of carboxylic acids is 1. The number of aromatic carboxylic acids is 1. The third kappa shape index (κ3) is 4.36. The van der Waals surface area contributed by atoms with Gasteiger partial charge in [-0.3, -0.25) is 4.79 Å². The van der Waals surface area contributed by atoms with Gasteiger partial charge in [-0.15, -0.1) is 0 Å². The highest BCUT2D eigenvalue weighted by Gasteiger charge is 2.26. The Kier molecular flexibility index (Phi) is 6.03. The molecule has 0 saturated carbocycles. The summed E-state index contributed by atoms with van der Waals surface area (Å²) in [5, 5.41) is 12.0.